The van der Waals surface area contributed by atoms with Crippen molar-refractivity contribution in [2.24, 2.45) is 5.92 Å². The van der Waals surface area contributed by atoms with Gasteiger partial charge in [0.05, 0.1) is 12.7 Å². The van der Waals surface area contributed by atoms with Gasteiger partial charge in [-0.1, -0.05) is 13.8 Å². The molecule has 24 heavy (non-hydrogen) atoms. The number of nitrogens with zero attached hydrogens (tertiary/aromatic N) is 1. The van der Waals surface area contributed by atoms with Crippen molar-refractivity contribution in [3.8, 4) is 0 Å². The van der Waals surface area contributed by atoms with Crippen molar-refractivity contribution in [2.45, 2.75) is 64.1 Å². The second-order valence-electron chi connectivity index (χ2n) is 7.95. The number of H-pyrrole nitrogens is 1. The van der Waals surface area contributed by atoms with Gasteiger partial charge in [0.2, 0.25) is 0 Å². The first kappa shape index (κ1) is 19.1. The predicted octanol–water partition coefficient (Wildman–Crippen LogP) is 1.11. The largest absolute Gasteiger partial charge is 0.432 e. The standard InChI is InChI=1S/C16H28N2O5Si/c1-10-8-18(15(21)17-13(10)20)14-11(6-12(9-19)23-14)7-16(2,3)24(4,5)22/h8,11-12,14,19,22H,6-7,9H2,1-5H3,(H,17,20,21)/t11-,12+,14-/m1/s1. The van der Waals surface area contributed by atoms with Gasteiger partial charge in [0, 0.05) is 17.7 Å². The Morgan fingerprint density at radius 1 is 1.42 bits per heavy atom. The third-order valence-electron chi connectivity index (χ3n) is 5.35. The Hall–Kier alpha value is -1.22. The molecule has 0 aliphatic carbocycles. The van der Waals surface area contributed by atoms with Gasteiger partial charge in [-0.15, -0.1) is 0 Å². The summed E-state index contributed by atoms with van der Waals surface area (Å²) in [5, 5.41) is 9.19. The summed E-state index contributed by atoms with van der Waals surface area (Å²) in [6, 6.07) is 0. The van der Waals surface area contributed by atoms with E-state index >= 15 is 0 Å². The van der Waals surface area contributed by atoms with Crippen LogP contribution in [0.4, 0.5) is 0 Å². The third-order valence-corrected chi connectivity index (χ3v) is 8.87. The second kappa shape index (κ2) is 6.59. The topological polar surface area (TPSA) is 105 Å². The summed E-state index contributed by atoms with van der Waals surface area (Å²) in [7, 11) is -2.41. The van der Waals surface area contributed by atoms with E-state index in [4.69, 9.17) is 4.74 Å². The fourth-order valence-electron chi connectivity index (χ4n) is 3.09. The first-order valence-electron chi connectivity index (χ1n) is 8.27. The number of hydrogen-bond acceptors (Lipinski definition) is 5. The molecule has 0 radical (unpaired) electrons. The molecule has 0 spiro atoms. The maximum absolute atomic E-state index is 12.2. The van der Waals surface area contributed by atoms with E-state index in [0.29, 0.717) is 18.4 Å². The normalized spacial score (nSPS) is 25.2. The van der Waals surface area contributed by atoms with E-state index in [1.165, 1.54) is 10.8 Å². The van der Waals surface area contributed by atoms with Gasteiger partial charge in [0.25, 0.3) is 5.56 Å². The molecule has 2 rings (SSSR count). The van der Waals surface area contributed by atoms with Gasteiger partial charge in [-0.05, 0) is 37.9 Å². The van der Waals surface area contributed by atoms with Gasteiger partial charge in [0.15, 0.2) is 8.32 Å². The lowest BCUT2D eigenvalue weighted by Crippen LogP contribution is -2.41. The van der Waals surface area contributed by atoms with Crippen molar-refractivity contribution < 1.29 is 14.6 Å². The Kier molecular flexibility index (Phi) is 5.24. The van der Waals surface area contributed by atoms with E-state index in [1.54, 1.807) is 6.92 Å². The highest BCUT2D eigenvalue weighted by Gasteiger charge is 2.45. The zero-order chi connectivity index (χ0) is 18.3. The highest BCUT2D eigenvalue weighted by Crippen LogP contribution is 2.48. The fraction of sp³-hybridized carbons (Fsp3) is 0.750. The lowest BCUT2D eigenvalue weighted by atomic mass is 9.92. The van der Waals surface area contributed by atoms with Crippen LogP contribution in [0, 0.1) is 12.8 Å². The Balaban J connectivity index is 2.38. The van der Waals surface area contributed by atoms with Crippen molar-refractivity contribution >= 4 is 8.32 Å². The van der Waals surface area contributed by atoms with E-state index in [-0.39, 0.29) is 23.7 Å². The minimum Gasteiger partial charge on any atom is -0.432 e. The molecule has 7 nitrogen and oxygen atoms in total. The molecule has 1 fully saturated rings. The SMILES string of the molecule is Cc1cn([C@@H]2O[C@H](CO)C[C@@H]2CC(C)(C)[Si](C)(C)O)c(=O)[nH]c1=O. The Morgan fingerprint density at radius 3 is 2.58 bits per heavy atom. The van der Waals surface area contributed by atoms with Crippen molar-refractivity contribution in [3.63, 3.8) is 0 Å². The minimum absolute atomic E-state index is 0.0286. The van der Waals surface area contributed by atoms with Crippen LogP contribution in [-0.4, -0.2) is 40.5 Å². The van der Waals surface area contributed by atoms with Crippen LogP contribution in [0.1, 0.15) is 38.5 Å². The lowest BCUT2D eigenvalue weighted by Gasteiger charge is -2.38. The molecule has 0 unspecified atom stereocenters. The van der Waals surface area contributed by atoms with Crippen LogP contribution >= 0.6 is 0 Å². The first-order valence-corrected chi connectivity index (χ1v) is 11.2. The molecule has 2 heterocycles. The summed E-state index contributed by atoms with van der Waals surface area (Å²) in [6.45, 7) is 9.38. The van der Waals surface area contributed by atoms with E-state index in [0.717, 1.165) is 0 Å². The van der Waals surface area contributed by atoms with Crippen molar-refractivity contribution in [2.75, 3.05) is 6.61 Å². The van der Waals surface area contributed by atoms with Crippen LogP contribution in [0.2, 0.25) is 18.1 Å². The molecule has 1 aliphatic rings. The molecule has 0 aromatic carbocycles. The number of rotatable bonds is 5. The molecule has 136 valence electrons. The monoisotopic (exact) mass is 356 g/mol. The maximum Gasteiger partial charge on any atom is 0.330 e. The van der Waals surface area contributed by atoms with Gasteiger partial charge < -0.3 is 14.6 Å². The summed E-state index contributed by atoms with van der Waals surface area (Å²) < 4.78 is 7.27. The molecule has 1 aromatic heterocycles. The summed E-state index contributed by atoms with van der Waals surface area (Å²) in [5.41, 5.74) is -0.494. The minimum atomic E-state index is -2.41. The van der Waals surface area contributed by atoms with Crippen LogP contribution in [-0.2, 0) is 4.74 Å². The zero-order valence-electron chi connectivity index (χ0n) is 15.0. The highest BCUT2D eigenvalue weighted by molar-refractivity contribution is 6.72. The summed E-state index contributed by atoms with van der Waals surface area (Å²) in [5.74, 6) is -0.0286. The van der Waals surface area contributed by atoms with Crippen molar-refractivity contribution in [1.29, 1.82) is 0 Å². The number of nitrogens with one attached hydrogen (secondary N) is 1. The number of aliphatic hydroxyl groups excluding tert-OH is 1. The number of aryl methyl sites for hydroxylation is 1. The molecular formula is C16H28N2O5Si. The molecule has 8 heteroatoms. The third kappa shape index (κ3) is 3.71. The van der Waals surface area contributed by atoms with Crippen LogP contribution in [0.15, 0.2) is 15.8 Å². The number of ether oxygens (including phenoxy) is 1. The first-order chi connectivity index (χ1) is 11.0. The lowest BCUT2D eigenvalue weighted by molar-refractivity contribution is -0.0373. The van der Waals surface area contributed by atoms with Crippen LogP contribution in [0.5, 0.6) is 0 Å². The zero-order valence-corrected chi connectivity index (χ0v) is 16.0. The molecule has 1 aromatic rings. The van der Waals surface area contributed by atoms with E-state index in [2.05, 4.69) is 4.98 Å². The van der Waals surface area contributed by atoms with Crippen molar-refractivity contribution in [1.82, 2.24) is 9.55 Å². The summed E-state index contributed by atoms with van der Waals surface area (Å²) in [6.07, 6.45) is 1.89. The van der Waals surface area contributed by atoms with Crippen molar-refractivity contribution in [3.05, 3.63) is 32.6 Å². The molecule has 0 amide bonds. The van der Waals surface area contributed by atoms with Gasteiger partial charge in [-0.2, -0.15) is 0 Å². The molecule has 1 aliphatic heterocycles. The average molecular weight is 356 g/mol. The van der Waals surface area contributed by atoms with Gasteiger partial charge >= 0.3 is 5.69 Å². The van der Waals surface area contributed by atoms with Gasteiger partial charge in [-0.3, -0.25) is 14.3 Å². The quantitative estimate of drug-likeness (QED) is 0.686. The van der Waals surface area contributed by atoms with Gasteiger partial charge in [-0.25, -0.2) is 4.79 Å². The smallest absolute Gasteiger partial charge is 0.330 e. The molecule has 1 saturated heterocycles. The Morgan fingerprint density at radius 2 is 2.04 bits per heavy atom. The Bertz CT molecular complexity index is 704. The number of aliphatic hydroxyl groups is 1. The summed E-state index contributed by atoms with van der Waals surface area (Å²) >= 11 is 0. The molecule has 0 saturated carbocycles. The van der Waals surface area contributed by atoms with E-state index < -0.39 is 25.8 Å². The maximum atomic E-state index is 12.2. The van der Waals surface area contributed by atoms with E-state index in [1.807, 2.05) is 26.9 Å². The number of aromatic nitrogens is 2. The number of hydrogen-bond donors (Lipinski definition) is 3. The predicted molar refractivity (Wildman–Crippen MR) is 93.5 cm³/mol. The molecule has 3 N–H and O–H groups in total. The molecule has 3 atom stereocenters. The fourth-order valence-corrected chi connectivity index (χ4v) is 3.85. The van der Waals surface area contributed by atoms with Crippen LogP contribution < -0.4 is 11.2 Å². The molecular weight excluding hydrogens is 328 g/mol. The average Bonchev–Trinajstić information content (AvgIpc) is 2.84. The summed E-state index contributed by atoms with van der Waals surface area (Å²) in [4.78, 5) is 36.7. The molecule has 0 bridgehead atoms. The highest BCUT2D eigenvalue weighted by atomic mass is 28.4. The number of aromatic amines is 1. The Labute approximate surface area is 142 Å². The van der Waals surface area contributed by atoms with Gasteiger partial charge in [0.1, 0.15) is 6.23 Å². The second-order valence-corrected chi connectivity index (χ2v) is 12.4. The van der Waals surface area contributed by atoms with E-state index in [9.17, 15) is 19.5 Å². The van der Waals surface area contributed by atoms with Crippen LogP contribution in [0.25, 0.3) is 0 Å². The van der Waals surface area contributed by atoms with Crippen LogP contribution in [0.3, 0.4) is 0 Å².